The lowest BCUT2D eigenvalue weighted by Crippen LogP contribution is -2.37. The Bertz CT molecular complexity index is 234. The van der Waals surface area contributed by atoms with E-state index in [1.807, 2.05) is 0 Å². The molecule has 2 unspecified atom stereocenters. The van der Waals surface area contributed by atoms with Crippen molar-refractivity contribution >= 4 is 5.91 Å². The molecule has 4 heteroatoms. The van der Waals surface area contributed by atoms with Crippen molar-refractivity contribution in [2.45, 2.75) is 57.4 Å². The molecule has 0 aliphatic heterocycles. The van der Waals surface area contributed by atoms with E-state index in [1.54, 1.807) is 7.11 Å². The molecule has 0 aromatic carbocycles. The van der Waals surface area contributed by atoms with Crippen molar-refractivity contribution in [3.8, 4) is 0 Å². The summed E-state index contributed by atoms with van der Waals surface area (Å²) in [6.07, 6.45) is 8.46. The molecule has 1 amide bonds. The van der Waals surface area contributed by atoms with E-state index >= 15 is 0 Å². The molecule has 0 aromatic rings. The van der Waals surface area contributed by atoms with Crippen LogP contribution in [0.2, 0.25) is 0 Å². The molecule has 0 saturated heterocycles. The number of nitrogens with two attached hydrogens (primary N) is 1. The molecular weight excluding hydrogens is 228 g/mol. The molecule has 1 saturated carbocycles. The van der Waals surface area contributed by atoms with E-state index < -0.39 is 0 Å². The molecule has 1 aliphatic rings. The van der Waals surface area contributed by atoms with Gasteiger partial charge in [-0.25, -0.2) is 0 Å². The number of hydrogen-bond donors (Lipinski definition) is 2. The molecule has 18 heavy (non-hydrogen) atoms. The van der Waals surface area contributed by atoms with Gasteiger partial charge in [0, 0.05) is 32.7 Å². The smallest absolute Gasteiger partial charge is 0.220 e. The Balaban J connectivity index is 2.02. The summed E-state index contributed by atoms with van der Waals surface area (Å²) in [4.78, 5) is 11.8. The zero-order valence-corrected chi connectivity index (χ0v) is 11.6. The molecule has 3 N–H and O–H groups in total. The van der Waals surface area contributed by atoms with Crippen LogP contribution in [0.4, 0.5) is 0 Å². The normalized spacial score (nSPS) is 23.9. The highest BCUT2D eigenvalue weighted by atomic mass is 16.5. The summed E-state index contributed by atoms with van der Waals surface area (Å²) in [5, 5.41) is 2.99. The lowest BCUT2D eigenvalue weighted by atomic mass is 9.83. The molecule has 4 nitrogen and oxygen atoms in total. The van der Waals surface area contributed by atoms with Crippen LogP contribution in [0.25, 0.3) is 0 Å². The van der Waals surface area contributed by atoms with E-state index in [0.29, 0.717) is 12.3 Å². The van der Waals surface area contributed by atoms with Gasteiger partial charge in [0.25, 0.3) is 0 Å². The molecule has 0 radical (unpaired) electrons. The van der Waals surface area contributed by atoms with E-state index in [2.05, 4.69) is 5.32 Å². The highest BCUT2D eigenvalue weighted by Gasteiger charge is 2.23. The minimum atomic E-state index is 0.170. The van der Waals surface area contributed by atoms with Crippen LogP contribution in [0.1, 0.15) is 51.4 Å². The standard InChI is InChI=1S/C14H28N2O2/c1-18-10-6-2-5-9-16-14(17)11-12-7-3-4-8-13(12)15/h12-13H,2-11,15H2,1H3,(H,16,17). The molecule has 1 aliphatic carbocycles. The second-order valence-corrected chi connectivity index (χ2v) is 5.32. The minimum Gasteiger partial charge on any atom is -0.385 e. The Morgan fingerprint density at radius 2 is 2.06 bits per heavy atom. The molecule has 1 rings (SSSR count). The number of amides is 1. The summed E-state index contributed by atoms with van der Waals surface area (Å²) in [6, 6.07) is 0.228. The third-order valence-electron chi connectivity index (χ3n) is 3.76. The summed E-state index contributed by atoms with van der Waals surface area (Å²) in [7, 11) is 1.72. The van der Waals surface area contributed by atoms with Gasteiger partial charge < -0.3 is 15.8 Å². The first kappa shape index (κ1) is 15.4. The Kier molecular flexibility index (Phi) is 8.01. The van der Waals surface area contributed by atoms with Gasteiger partial charge in [-0.05, 0) is 38.0 Å². The van der Waals surface area contributed by atoms with Gasteiger partial charge in [0.1, 0.15) is 0 Å². The van der Waals surface area contributed by atoms with Crippen LogP contribution in [-0.4, -0.2) is 32.2 Å². The van der Waals surface area contributed by atoms with Crippen LogP contribution in [-0.2, 0) is 9.53 Å². The minimum absolute atomic E-state index is 0.170. The second kappa shape index (κ2) is 9.34. The number of unbranched alkanes of at least 4 members (excludes halogenated alkanes) is 2. The molecule has 2 atom stereocenters. The highest BCUT2D eigenvalue weighted by Crippen LogP contribution is 2.25. The first-order chi connectivity index (χ1) is 8.74. The fraction of sp³-hybridized carbons (Fsp3) is 0.929. The average Bonchev–Trinajstić information content (AvgIpc) is 2.36. The summed E-state index contributed by atoms with van der Waals surface area (Å²) in [6.45, 7) is 1.59. The second-order valence-electron chi connectivity index (χ2n) is 5.32. The van der Waals surface area contributed by atoms with Crippen molar-refractivity contribution in [3.63, 3.8) is 0 Å². The Labute approximate surface area is 111 Å². The maximum atomic E-state index is 11.8. The van der Waals surface area contributed by atoms with Gasteiger partial charge >= 0.3 is 0 Å². The van der Waals surface area contributed by atoms with Gasteiger partial charge in [-0.1, -0.05) is 12.8 Å². The molecule has 0 aromatic heterocycles. The van der Waals surface area contributed by atoms with Crippen LogP contribution in [0.3, 0.4) is 0 Å². The monoisotopic (exact) mass is 256 g/mol. The van der Waals surface area contributed by atoms with Crippen molar-refractivity contribution in [2.24, 2.45) is 11.7 Å². The first-order valence-electron chi connectivity index (χ1n) is 7.25. The summed E-state index contributed by atoms with van der Waals surface area (Å²) >= 11 is 0. The third-order valence-corrected chi connectivity index (χ3v) is 3.76. The lowest BCUT2D eigenvalue weighted by molar-refractivity contribution is -0.122. The largest absolute Gasteiger partial charge is 0.385 e. The van der Waals surface area contributed by atoms with E-state index in [4.69, 9.17) is 10.5 Å². The van der Waals surface area contributed by atoms with Crippen LogP contribution in [0.15, 0.2) is 0 Å². The maximum Gasteiger partial charge on any atom is 0.220 e. The predicted molar refractivity (Wildman–Crippen MR) is 73.3 cm³/mol. The van der Waals surface area contributed by atoms with E-state index in [9.17, 15) is 4.79 Å². The van der Waals surface area contributed by atoms with Gasteiger partial charge in [0.2, 0.25) is 5.91 Å². The van der Waals surface area contributed by atoms with E-state index in [1.165, 1.54) is 12.8 Å². The quantitative estimate of drug-likeness (QED) is 0.651. The van der Waals surface area contributed by atoms with Gasteiger partial charge in [0.15, 0.2) is 0 Å². The summed E-state index contributed by atoms with van der Waals surface area (Å²) in [5.74, 6) is 0.566. The zero-order valence-electron chi connectivity index (χ0n) is 11.6. The van der Waals surface area contributed by atoms with Gasteiger partial charge in [-0.2, -0.15) is 0 Å². The van der Waals surface area contributed by atoms with Crippen LogP contribution >= 0.6 is 0 Å². The molecule has 0 heterocycles. The average molecular weight is 256 g/mol. The van der Waals surface area contributed by atoms with Crippen molar-refractivity contribution in [1.82, 2.24) is 5.32 Å². The highest BCUT2D eigenvalue weighted by molar-refractivity contribution is 5.76. The Morgan fingerprint density at radius 3 is 2.78 bits per heavy atom. The molecule has 0 spiro atoms. The van der Waals surface area contributed by atoms with Gasteiger partial charge in [-0.3, -0.25) is 4.79 Å². The van der Waals surface area contributed by atoms with E-state index in [-0.39, 0.29) is 11.9 Å². The van der Waals surface area contributed by atoms with Crippen molar-refractivity contribution in [1.29, 1.82) is 0 Å². The number of nitrogens with one attached hydrogen (secondary N) is 1. The fourth-order valence-corrected chi connectivity index (χ4v) is 2.58. The van der Waals surface area contributed by atoms with E-state index in [0.717, 1.165) is 45.3 Å². The number of carbonyl (C=O) groups is 1. The number of carbonyl (C=O) groups excluding carboxylic acids is 1. The Hall–Kier alpha value is -0.610. The number of hydrogen-bond acceptors (Lipinski definition) is 3. The maximum absolute atomic E-state index is 11.8. The van der Waals surface area contributed by atoms with Gasteiger partial charge in [0.05, 0.1) is 0 Å². The zero-order chi connectivity index (χ0) is 13.2. The summed E-state index contributed by atoms with van der Waals surface area (Å²) < 4.78 is 4.98. The number of rotatable bonds is 8. The molecule has 0 bridgehead atoms. The third kappa shape index (κ3) is 6.36. The van der Waals surface area contributed by atoms with Gasteiger partial charge in [-0.15, -0.1) is 0 Å². The van der Waals surface area contributed by atoms with Crippen LogP contribution in [0.5, 0.6) is 0 Å². The summed E-state index contributed by atoms with van der Waals surface area (Å²) in [5.41, 5.74) is 6.04. The fourth-order valence-electron chi connectivity index (χ4n) is 2.58. The molecular formula is C14H28N2O2. The topological polar surface area (TPSA) is 64.3 Å². The molecule has 1 fully saturated rings. The van der Waals surface area contributed by atoms with Crippen molar-refractivity contribution in [3.05, 3.63) is 0 Å². The number of methoxy groups -OCH3 is 1. The lowest BCUT2D eigenvalue weighted by Gasteiger charge is -2.27. The Morgan fingerprint density at radius 1 is 1.28 bits per heavy atom. The first-order valence-corrected chi connectivity index (χ1v) is 7.25. The molecule has 106 valence electrons. The van der Waals surface area contributed by atoms with Crippen molar-refractivity contribution < 1.29 is 9.53 Å². The number of ether oxygens (including phenoxy) is 1. The van der Waals surface area contributed by atoms with Crippen LogP contribution in [0, 0.1) is 5.92 Å². The van der Waals surface area contributed by atoms with Crippen molar-refractivity contribution in [2.75, 3.05) is 20.3 Å². The SMILES string of the molecule is COCCCCCNC(=O)CC1CCCCC1N. The van der Waals surface area contributed by atoms with Crippen LogP contribution < -0.4 is 11.1 Å². The predicted octanol–water partition coefficient (Wildman–Crippen LogP) is 1.83.